The summed E-state index contributed by atoms with van der Waals surface area (Å²) in [6.45, 7) is 4.64. The highest BCUT2D eigenvalue weighted by Gasteiger charge is 2.32. The standard InChI is InChI=1S/C27H31N3O5/c1-17(31)30-11-9-19(10-12-30)29(2)13-14-34-21-5-7-22-18(15-21)3-8-25-26(22)27(28-35-25)23-6-4-20(32)16-24(23)33/h3,5,7-8,15,19,23H,4,6,9-14,16H2,1-2H3/t23-/m1/s1. The molecule has 0 N–H and O–H groups in total. The van der Waals surface area contributed by atoms with E-state index in [1.54, 1.807) is 6.92 Å². The van der Waals surface area contributed by atoms with Gasteiger partial charge in [0.15, 0.2) is 5.58 Å². The highest BCUT2D eigenvalue weighted by Crippen LogP contribution is 2.37. The molecular formula is C27H31N3O5. The first-order valence-corrected chi connectivity index (χ1v) is 12.4. The van der Waals surface area contributed by atoms with Gasteiger partial charge in [0, 0.05) is 39.0 Å². The molecule has 2 aromatic carbocycles. The Kier molecular flexibility index (Phi) is 6.56. The van der Waals surface area contributed by atoms with Gasteiger partial charge in [0.05, 0.1) is 17.7 Å². The van der Waals surface area contributed by atoms with Crippen molar-refractivity contribution in [3.63, 3.8) is 0 Å². The van der Waals surface area contributed by atoms with Crippen molar-refractivity contribution in [2.45, 2.75) is 51.0 Å². The SMILES string of the molecule is CC(=O)N1CCC(N(C)CCOc2ccc3c(ccc4onc([C@@H]5CCC(=O)CC5=O)c43)c2)CC1. The molecule has 0 unspecified atom stereocenters. The Labute approximate surface area is 204 Å². The zero-order chi connectivity index (χ0) is 24.5. The fourth-order valence-corrected chi connectivity index (χ4v) is 5.37. The van der Waals surface area contributed by atoms with Gasteiger partial charge in [0.2, 0.25) is 5.91 Å². The summed E-state index contributed by atoms with van der Waals surface area (Å²) >= 11 is 0. The van der Waals surface area contributed by atoms with E-state index >= 15 is 0 Å². The number of Topliss-reactive ketones (excluding diaryl/α,β-unsaturated/α-hetero) is 2. The van der Waals surface area contributed by atoms with Crippen LogP contribution in [0.1, 0.15) is 50.6 Å². The Morgan fingerprint density at radius 1 is 1.17 bits per heavy atom. The van der Waals surface area contributed by atoms with Gasteiger partial charge < -0.3 is 14.2 Å². The summed E-state index contributed by atoms with van der Waals surface area (Å²) in [6, 6.07) is 10.2. The maximum atomic E-state index is 12.5. The minimum Gasteiger partial charge on any atom is -0.492 e. The summed E-state index contributed by atoms with van der Waals surface area (Å²) in [5.41, 5.74) is 1.28. The normalized spacial score (nSPS) is 19.7. The second-order valence-corrected chi connectivity index (χ2v) is 9.73. The first-order chi connectivity index (χ1) is 16.9. The average Bonchev–Trinajstić information content (AvgIpc) is 3.28. The average molecular weight is 478 g/mol. The molecule has 1 amide bonds. The lowest BCUT2D eigenvalue weighted by Gasteiger charge is -2.36. The number of piperidine rings is 1. The summed E-state index contributed by atoms with van der Waals surface area (Å²) in [6.07, 6.45) is 2.84. The third kappa shape index (κ3) is 4.80. The molecule has 0 spiro atoms. The second kappa shape index (κ2) is 9.77. The topological polar surface area (TPSA) is 92.9 Å². The monoisotopic (exact) mass is 477 g/mol. The van der Waals surface area contributed by atoms with Gasteiger partial charge in [0.1, 0.15) is 29.6 Å². The first kappa shape index (κ1) is 23.5. The van der Waals surface area contributed by atoms with Crippen LogP contribution in [0.4, 0.5) is 0 Å². The van der Waals surface area contributed by atoms with E-state index in [4.69, 9.17) is 9.26 Å². The molecule has 5 rings (SSSR count). The number of benzene rings is 2. The maximum absolute atomic E-state index is 12.5. The van der Waals surface area contributed by atoms with E-state index < -0.39 is 5.92 Å². The molecule has 1 saturated carbocycles. The molecule has 1 atom stereocenters. The third-order valence-corrected chi connectivity index (χ3v) is 7.50. The van der Waals surface area contributed by atoms with E-state index in [2.05, 4.69) is 17.1 Å². The predicted octanol–water partition coefficient (Wildman–Crippen LogP) is 3.71. The maximum Gasteiger partial charge on any atom is 0.219 e. The number of likely N-dealkylation sites (tertiary alicyclic amines) is 1. The summed E-state index contributed by atoms with van der Waals surface area (Å²) in [5, 5.41) is 7.03. The number of hydrogen-bond acceptors (Lipinski definition) is 7. The number of aromatic nitrogens is 1. The first-order valence-electron chi connectivity index (χ1n) is 12.4. The minimum atomic E-state index is -0.395. The summed E-state index contributed by atoms with van der Waals surface area (Å²) in [7, 11) is 2.11. The Morgan fingerprint density at radius 3 is 2.71 bits per heavy atom. The molecule has 8 heteroatoms. The van der Waals surface area contributed by atoms with E-state index in [0.717, 1.165) is 54.4 Å². The van der Waals surface area contributed by atoms with Gasteiger partial charge >= 0.3 is 0 Å². The molecule has 8 nitrogen and oxygen atoms in total. The Balaban J connectivity index is 1.26. The van der Waals surface area contributed by atoms with Crippen LogP contribution >= 0.6 is 0 Å². The fourth-order valence-electron chi connectivity index (χ4n) is 5.37. The molecule has 3 aromatic rings. The van der Waals surface area contributed by atoms with Gasteiger partial charge in [-0.2, -0.15) is 0 Å². The minimum absolute atomic E-state index is 0.00198. The lowest BCUT2D eigenvalue weighted by molar-refractivity contribution is -0.131. The van der Waals surface area contributed by atoms with Crippen molar-refractivity contribution in [2.24, 2.45) is 0 Å². The van der Waals surface area contributed by atoms with Crippen molar-refractivity contribution in [2.75, 3.05) is 33.3 Å². The number of rotatable bonds is 6. The van der Waals surface area contributed by atoms with Gasteiger partial charge in [-0.25, -0.2) is 0 Å². The molecule has 1 aromatic heterocycles. The summed E-state index contributed by atoms with van der Waals surface area (Å²) in [5.74, 6) is 0.464. The van der Waals surface area contributed by atoms with E-state index in [-0.39, 0.29) is 23.9 Å². The number of hydrogen-bond donors (Lipinski definition) is 0. The number of amides is 1. The zero-order valence-electron chi connectivity index (χ0n) is 20.3. The molecule has 2 aliphatic rings. The van der Waals surface area contributed by atoms with Gasteiger partial charge in [0.25, 0.3) is 0 Å². The van der Waals surface area contributed by atoms with Crippen LogP contribution in [0.2, 0.25) is 0 Å². The van der Waals surface area contributed by atoms with E-state index in [1.807, 2.05) is 35.2 Å². The number of carbonyl (C=O) groups excluding carboxylic acids is 3. The third-order valence-electron chi connectivity index (χ3n) is 7.50. The van der Waals surface area contributed by atoms with Gasteiger partial charge in [-0.05, 0) is 61.3 Å². The molecule has 2 heterocycles. The van der Waals surface area contributed by atoms with Crippen LogP contribution in [0.25, 0.3) is 21.7 Å². The van der Waals surface area contributed by atoms with Crippen LogP contribution in [0, 0.1) is 0 Å². The van der Waals surface area contributed by atoms with Crippen molar-refractivity contribution < 1.29 is 23.6 Å². The fraction of sp³-hybridized carbons (Fsp3) is 0.481. The highest BCUT2D eigenvalue weighted by molar-refractivity contribution is 6.11. The smallest absolute Gasteiger partial charge is 0.219 e. The highest BCUT2D eigenvalue weighted by atomic mass is 16.5. The Bertz CT molecular complexity index is 1270. The van der Waals surface area contributed by atoms with E-state index in [0.29, 0.717) is 36.8 Å². The molecule has 0 radical (unpaired) electrons. The molecule has 1 aliphatic heterocycles. The predicted molar refractivity (Wildman–Crippen MR) is 132 cm³/mol. The molecule has 184 valence electrons. The van der Waals surface area contributed by atoms with Gasteiger partial charge in [-0.15, -0.1) is 0 Å². The second-order valence-electron chi connectivity index (χ2n) is 9.73. The van der Waals surface area contributed by atoms with Crippen molar-refractivity contribution in [3.05, 3.63) is 36.0 Å². The quantitative estimate of drug-likeness (QED) is 0.500. The number of fused-ring (bicyclic) bond motifs is 3. The lowest BCUT2D eigenvalue weighted by Crippen LogP contribution is -2.45. The summed E-state index contributed by atoms with van der Waals surface area (Å²) in [4.78, 5) is 40.0. The lowest BCUT2D eigenvalue weighted by atomic mass is 9.83. The van der Waals surface area contributed by atoms with Gasteiger partial charge in [-0.3, -0.25) is 19.3 Å². The van der Waals surface area contributed by atoms with Crippen LogP contribution in [0.5, 0.6) is 5.75 Å². The Hall–Kier alpha value is -3.26. The largest absolute Gasteiger partial charge is 0.492 e. The number of ether oxygens (including phenoxy) is 1. The number of ketones is 2. The van der Waals surface area contributed by atoms with Crippen LogP contribution in [0.15, 0.2) is 34.9 Å². The number of likely N-dealkylation sites (N-methyl/N-ethyl adjacent to an activating group) is 1. The van der Waals surface area contributed by atoms with Gasteiger partial charge in [-0.1, -0.05) is 11.2 Å². The molecular weight excluding hydrogens is 446 g/mol. The molecule has 1 saturated heterocycles. The summed E-state index contributed by atoms with van der Waals surface area (Å²) < 4.78 is 11.6. The molecule has 1 aliphatic carbocycles. The van der Waals surface area contributed by atoms with Crippen molar-refractivity contribution in [3.8, 4) is 5.75 Å². The van der Waals surface area contributed by atoms with Crippen LogP contribution in [-0.4, -0.2) is 71.8 Å². The molecule has 0 bridgehead atoms. The van der Waals surface area contributed by atoms with Crippen LogP contribution in [-0.2, 0) is 14.4 Å². The number of carbonyl (C=O) groups is 3. The number of nitrogens with zero attached hydrogens (tertiary/aromatic N) is 3. The van der Waals surface area contributed by atoms with Crippen molar-refractivity contribution in [1.82, 2.24) is 15.0 Å². The van der Waals surface area contributed by atoms with Crippen molar-refractivity contribution >= 4 is 39.2 Å². The Morgan fingerprint density at radius 2 is 1.97 bits per heavy atom. The van der Waals surface area contributed by atoms with Crippen LogP contribution in [0.3, 0.4) is 0 Å². The zero-order valence-corrected chi connectivity index (χ0v) is 20.3. The van der Waals surface area contributed by atoms with E-state index in [9.17, 15) is 14.4 Å². The molecule has 2 fully saturated rings. The van der Waals surface area contributed by atoms with Crippen LogP contribution < -0.4 is 4.74 Å². The van der Waals surface area contributed by atoms with E-state index in [1.165, 1.54) is 0 Å². The van der Waals surface area contributed by atoms with Crippen molar-refractivity contribution in [1.29, 1.82) is 0 Å². The molecule has 35 heavy (non-hydrogen) atoms.